The van der Waals surface area contributed by atoms with Crippen LogP contribution in [0.5, 0.6) is 0 Å². The summed E-state index contributed by atoms with van der Waals surface area (Å²) in [5, 5.41) is 3.77. The summed E-state index contributed by atoms with van der Waals surface area (Å²) < 4.78 is 0. The summed E-state index contributed by atoms with van der Waals surface area (Å²) in [6.07, 6.45) is 8.55. The predicted octanol–water partition coefficient (Wildman–Crippen LogP) is 4.30. The standard InChI is InChI=1S/C19H38N2/c1-6-17-13-21(18(12-20-17)16(4)5)14-19(11-15(2)3)9-7-8-10-19/h15-18,20H,6-14H2,1-5H3. The van der Waals surface area contributed by atoms with Gasteiger partial charge >= 0.3 is 0 Å². The molecule has 1 heterocycles. The molecule has 2 heteroatoms. The first kappa shape index (κ1) is 17.3. The maximum absolute atomic E-state index is 3.77. The Balaban J connectivity index is 2.07. The van der Waals surface area contributed by atoms with E-state index in [0.717, 1.165) is 17.9 Å². The zero-order chi connectivity index (χ0) is 15.5. The normalized spacial score (nSPS) is 30.4. The van der Waals surface area contributed by atoms with E-state index in [-0.39, 0.29) is 0 Å². The van der Waals surface area contributed by atoms with Crippen molar-refractivity contribution >= 4 is 0 Å². The Kier molecular flexibility index (Phi) is 6.14. The van der Waals surface area contributed by atoms with E-state index in [9.17, 15) is 0 Å². The molecule has 2 unspecified atom stereocenters. The summed E-state index contributed by atoms with van der Waals surface area (Å²) in [6.45, 7) is 15.7. The number of nitrogens with one attached hydrogen (secondary N) is 1. The molecule has 0 bridgehead atoms. The van der Waals surface area contributed by atoms with Gasteiger partial charge in [-0.1, -0.05) is 47.5 Å². The Hall–Kier alpha value is -0.0800. The van der Waals surface area contributed by atoms with Gasteiger partial charge in [0.1, 0.15) is 0 Å². The van der Waals surface area contributed by atoms with Crippen LogP contribution in [0, 0.1) is 17.3 Å². The molecule has 2 rings (SSSR count). The van der Waals surface area contributed by atoms with Crippen molar-refractivity contribution in [3.63, 3.8) is 0 Å². The molecule has 0 spiro atoms. The van der Waals surface area contributed by atoms with Gasteiger partial charge in [0.15, 0.2) is 0 Å². The summed E-state index contributed by atoms with van der Waals surface area (Å²) in [4.78, 5) is 2.86. The van der Waals surface area contributed by atoms with Crippen LogP contribution in [0.4, 0.5) is 0 Å². The maximum atomic E-state index is 3.77. The van der Waals surface area contributed by atoms with Crippen molar-refractivity contribution in [2.45, 2.75) is 85.2 Å². The molecular weight excluding hydrogens is 256 g/mol. The molecule has 1 aliphatic carbocycles. The molecule has 21 heavy (non-hydrogen) atoms. The van der Waals surface area contributed by atoms with Gasteiger partial charge in [-0.15, -0.1) is 0 Å². The quantitative estimate of drug-likeness (QED) is 0.785. The molecule has 0 aromatic heterocycles. The van der Waals surface area contributed by atoms with Gasteiger partial charge in [0.2, 0.25) is 0 Å². The molecule has 0 aromatic rings. The summed E-state index contributed by atoms with van der Waals surface area (Å²) in [5.74, 6) is 1.60. The Morgan fingerprint density at radius 2 is 1.81 bits per heavy atom. The SMILES string of the molecule is CCC1CN(CC2(CC(C)C)CCCC2)C(C(C)C)CN1. The van der Waals surface area contributed by atoms with E-state index in [2.05, 4.69) is 44.8 Å². The van der Waals surface area contributed by atoms with Crippen molar-refractivity contribution in [2.75, 3.05) is 19.6 Å². The minimum atomic E-state index is 0.622. The van der Waals surface area contributed by atoms with Crippen LogP contribution in [-0.4, -0.2) is 36.6 Å². The van der Waals surface area contributed by atoms with Crippen LogP contribution in [0.25, 0.3) is 0 Å². The van der Waals surface area contributed by atoms with Crippen molar-refractivity contribution in [3.05, 3.63) is 0 Å². The smallest absolute Gasteiger partial charge is 0.0244 e. The van der Waals surface area contributed by atoms with Gasteiger partial charge in [-0.25, -0.2) is 0 Å². The zero-order valence-electron chi connectivity index (χ0n) is 15.1. The second kappa shape index (κ2) is 7.46. The van der Waals surface area contributed by atoms with E-state index in [1.807, 2.05) is 0 Å². The van der Waals surface area contributed by atoms with Gasteiger partial charge in [-0.05, 0) is 42.9 Å². The van der Waals surface area contributed by atoms with Gasteiger partial charge in [0.25, 0.3) is 0 Å². The highest BCUT2D eigenvalue weighted by atomic mass is 15.2. The first-order valence-corrected chi connectivity index (χ1v) is 9.43. The van der Waals surface area contributed by atoms with Gasteiger partial charge in [-0.3, -0.25) is 4.90 Å². The Morgan fingerprint density at radius 3 is 2.33 bits per heavy atom. The second-order valence-electron chi connectivity index (χ2n) is 8.56. The Labute approximate surface area is 133 Å². The Morgan fingerprint density at radius 1 is 1.14 bits per heavy atom. The third-order valence-electron chi connectivity index (χ3n) is 5.85. The van der Waals surface area contributed by atoms with Crippen molar-refractivity contribution in [1.29, 1.82) is 0 Å². The minimum absolute atomic E-state index is 0.622. The monoisotopic (exact) mass is 294 g/mol. The van der Waals surface area contributed by atoms with Gasteiger partial charge in [-0.2, -0.15) is 0 Å². The molecule has 1 N–H and O–H groups in total. The maximum Gasteiger partial charge on any atom is 0.0244 e. The summed E-state index contributed by atoms with van der Waals surface area (Å²) in [7, 11) is 0. The lowest BCUT2D eigenvalue weighted by Crippen LogP contribution is -2.60. The number of rotatable bonds is 6. The largest absolute Gasteiger partial charge is 0.311 e. The Bertz CT molecular complexity index is 305. The fourth-order valence-corrected chi connectivity index (χ4v) is 4.86. The fourth-order valence-electron chi connectivity index (χ4n) is 4.86. The van der Waals surface area contributed by atoms with E-state index in [0.29, 0.717) is 11.5 Å². The fraction of sp³-hybridized carbons (Fsp3) is 1.00. The lowest BCUT2D eigenvalue weighted by atomic mass is 9.77. The zero-order valence-corrected chi connectivity index (χ0v) is 15.1. The molecule has 2 nitrogen and oxygen atoms in total. The lowest BCUT2D eigenvalue weighted by Gasteiger charge is -2.47. The van der Waals surface area contributed by atoms with Crippen molar-refractivity contribution < 1.29 is 0 Å². The molecule has 2 atom stereocenters. The molecule has 1 aliphatic heterocycles. The first-order valence-electron chi connectivity index (χ1n) is 9.43. The van der Waals surface area contributed by atoms with Crippen molar-refractivity contribution in [2.24, 2.45) is 17.3 Å². The molecule has 0 amide bonds. The third-order valence-corrected chi connectivity index (χ3v) is 5.85. The van der Waals surface area contributed by atoms with Crippen molar-refractivity contribution in [1.82, 2.24) is 10.2 Å². The van der Waals surface area contributed by atoms with Crippen molar-refractivity contribution in [3.8, 4) is 0 Å². The number of nitrogens with zero attached hydrogens (tertiary/aromatic N) is 1. The molecule has 1 saturated heterocycles. The topological polar surface area (TPSA) is 15.3 Å². The minimum Gasteiger partial charge on any atom is -0.311 e. The molecular formula is C19H38N2. The van der Waals surface area contributed by atoms with Gasteiger partial charge in [0.05, 0.1) is 0 Å². The van der Waals surface area contributed by atoms with E-state index < -0.39 is 0 Å². The van der Waals surface area contributed by atoms with Crippen LogP contribution in [0.3, 0.4) is 0 Å². The first-order chi connectivity index (χ1) is 9.96. The lowest BCUT2D eigenvalue weighted by molar-refractivity contribution is 0.0411. The average Bonchev–Trinajstić information content (AvgIpc) is 2.85. The molecule has 2 aliphatic rings. The van der Waals surface area contributed by atoms with E-state index >= 15 is 0 Å². The third kappa shape index (κ3) is 4.45. The number of piperazine rings is 1. The number of hydrogen-bond donors (Lipinski definition) is 1. The highest BCUT2D eigenvalue weighted by Gasteiger charge is 2.39. The molecule has 124 valence electrons. The van der Waals surface area contributed by atoms with Crippen LogP contribution in [-0.2, 0) is 0 Å². The number of hydrogen-bond acceptors (Lipinski definition) is 2. The van der Waals surface area contributed by atoms with Crippen LogP contribution in [0.2, 0.25) is 0 Å². The van der Waals surface area contributed by atoms with Gasteiger partial charge in [0, 0.05) is 31.7 Å². The van der Waals surface area contributed by atoms with E-state index in [1.54, 1.807) is 0 Å². The summed E-state index contributed by atoms with van der Waals surface area (Å²) in [6, 6.07) is 1.44. The molecule has 0 aromatic carbocycles. The second-order valence-corrected chi connectivity index (χ2v) is 8.56. The molecule has 1 saturated carbocycles. The van der Waals surface area contributed by atoms with Crippen LogP contribution < -0.4 is 5.32 Å². The van der Waals surface area contributed by atoms with Crippen LogP contribution in [0.1, 0.15) is 73.1 Å². The molecule has 2 fully saturated rings. The van der Waals surface area contributed by atoms with Crippen LogP contribution >= 0.6 is 0 Å². The van der Waals surface area contributed by atoms with E-state index in [1.165, 1.54) is 58.2 Å². The van der Waals surface area contributed by atoms with Crippen LogP contribution in [0.15, 0.2) is 0 Å². The average molecular weight is 295 g/mol. The highest BCUT2D eigenvalue weighted by molar-refractivity contribution is 4.94. The van der Waals surface area contributed by atoms with E-state index in [4.69, 9.17) is 0 Å². The summed E-state index contributed by atoms with van der Waals surface area (Å²) in [5.41, 5.74) is 0.622. The highest BCUT2D eigenvalue weighted by Crippen LogP contribution is 2.44. The molecule has 0 radical (unpaired) electrons. The van der Waals surface area contributed by atoms with Gasteiger partial charge < -0.3 is 5.32 Å². The summed E-state index contributed by atoms with van der Waals surface area (Å²) >= 11 is 0. The predicted molar refractivity (Wildman–Crippen MR) is 92.6 cm³/mol.